The van der Waals surface area contributed by atoms with Crippen molar-refractivity contribution >= 4 is 11.8 Å². The molecule has 5 heteroatoms. The molecule has 5 nitrogen and oxygen atoms in total. The van der Waals surface area contributed by atoms with E-state index in [-0.39, 0.29) is 17.2 Å². The molecule has 0 aliphatic heterocycles. The minimum atomic E-state index is -0.387. The first-order chi connectivity index (χ1) is 8.89. The number of furan rings is 1. The Balaban J connectivity index is 2.09. The zero-order valence-electron chi connectivity index (χ0n) is 11.8. The molecule has 2 amide bonds. The van der Waals surface area contributed by atoms with Gasteiger partial charge in [0.2, 0.25) is 11.8 Å². The summed E-state index contributed by atoms with van der Waals surface area (Å²) in [7, 11) is 0. The van der Waals surface area contributed by atoms with E-state index < -0.39 is 0 Å². The predicted octanol–water partition coefficient (Wildman–Crippen LogP) is 1.84. The number of carbonyl (C=O) groups is 2. The van der Waals surface area contributed by atoms with E-state index in [0.717, 1.165) is 5.76 Å². The van der Waals surface area contributed by atoms with Gasteiger partial charge in [-0.15, -0.1) is 0 Å². The van der Waals surface area contributed by atoms with Crippen molar-refractivity contribution in [3.63, 3.8) is 0 Å². The van der Waals surface area contributed by atoms with Gasteiger partial charge in [0.15, 0.2) is 0 Å². The predicted molar refractivity (Wildman–Crippen MR) is 72.3 cm³/mol. The van der Waals surface area contributed by atoms with Crippen molar-refractivity contribution in [2.45, 2.75) is 40.2 Å². The summed E-state index contributed by atoms with van der Waals surface area (Å²) in [5.74, 6) is 0.694. The molecule has 106 valence electrons. The molecule has 0 bridgehead atoms. The highest BCUT2D eigenvalue weighted by atomic mass is 16.3. The van der Waals surface area contributed by atoms with E-state index in [4.69, 9.17) is 4.42 Å². The Labute approximate surface area is 113 Å². The van der Waals surface area contributed by atoms with Gasteiger partial charge in [-0.2, -0.15) is 0 Å². The second-order valence-corrected chi connectivity index (χ2v) is 5.47. The van der Waals surface area contributed by atoms with Gasteiger partial charge < -0.3 is 15.1 Å². The Bertz CT molecular complexity index is 405. The highest BCUT2D eigenvalue weighted by molar-refractivity contribution is 5.81. The zero-order valence-corrected chi connectivity index (χ0v) is 11.8. The molecule has 0 radical (unpaired) electrons. The lowest BCUT2D eigenvalue weighted by Crippen LogP contribution is -2.35. The zero-order chi connectivity index (χ0) is 14.3. The summed E-state index contributed by atoms with van der Waals surface area (Å²) in [6.07, 6.45) is 2.60. The first-order valence-electron chi connectivity index (χ1n) is 6.47. The van der Waals surface area contributed by atoms with E-state index >= 15 is 0 Å². The third-order valence-electron chi connectivity index (χ3n) is 2.59. The van der Waals surface area contributed by atoms with Crippen molar-refractivity contribution < 1.29 is 14.0 Å². The van der Waals surface area contributed by atoms with Gasteiger partial charge in [-0.3, -0.25) is 9.59 Å². The highest BCUT2D eigenvalue weighted by Gasteiger charge is 2.20. The first kappa shape index (κ1) is 15.3. The van der Waals surface area contributed by atoms with Crippen molar-refractivity contribution in [1.82, 2.24) is 10.6 Å². The number of carbonyl (C=O) groups excluding carboxylic acids is 2. The van der Waals surface area contributed by atoms with Crippen LogP contribution in [0, 0.1) is 5.41 Å². The molecule has 0 fully saturated rings. The van der Waals surface area contributed by atoms with E-state index in [1.165, 1.54) is 0 Å². The van der Waals surface area contributed by atoms with Crippen LogP contribution in [0.25, 0.3) is 0 Å². The second-order valence-electron chi connectivity index (χ2n) is 5.47. The Morgan fingerprint density at radius 3 is 2.58 bits per heavy atom. The third kappa shape index (κ3) is 6.08. The summed E-state index contributed by atoms with van der Waals surface area (Å²) in [6, 6.07) is 3.59. The van der Waals surface area contributed by atoms with Crippen molar-refractivity contribution in [2.75, 3.05) is 6.54 Å². The van der Waals surface area contributed by atoms with Gasteiger partial charge in [0.05, 0.1) is 12.8 Å². The fraction of sp³-hybridized carbons (Fsp3) is 0.571. The molecule has 1 heterocycles. The lowest BCUT2D eigenvalue weighted by Gasteiger charge is -2.17. The van der Waals surface area contributed by atoms with Crippen molar-refractivity contribution in [3.8, 4) is 0 Å². The monoisotopic (exact) mass is 266 g/mol. The minimum absolute atomic E-state index is 0.00323. The summed E-state index contributed by atoms with van der Waals surface area (Å²) in [5, 5.41) is 5.57. The van der Waals surface area contributed by atoms with Gasteiger partial charge in [0, 0.05) is 18.4 Å². The molecule has 0 saturated carbocycles. The van der Waals surface area contributed by atoms with Crippen LogP contribution in [-0.2, 0) is 16.1 Å². The first-order valence-corrected chi connectivity index (χ1v) is 6.47. The van der Waals surface area contributed by atoms with Gasteiger partial charge in [-0.25, -0.2) is 0 Å². The van der Waals surface area contributed by atoms with Crippen LogP contribution >= 0.6 is 0 Å². The van der Waals surface area contributed by atoms with E-state index in [2.05, 4.69) is 10.6 Å². The molecule has 0 spiro atoms. The molecule has 1 rings (SSSR count). The maximum absolute atomic E-state index is 11.6. The molecule has 0 aliphatic rings. The van der Waals surface area contributed by atoms with Crippen molar-refractivity contribution in [1.29, 1.82) is 0 Å². The Hall–Kier alpha value is -1.78. The molecule has 0 saturated heterocycles. The van der Waals surface area contributed by atoms with Crippen LogP contribution in [0.4, 0.5) is 0 Å². The fourth-order valence-corrected chi connectivity index (χ4v) is 1.40. The van der Waals surface area contributed by atoms with Crippen LogP contribution in [0.2, 0.25) is 0 Å². The number of rotatable bonds is 6. The maximum Gasteiger partial charge on any atom is 0.225 e. The maximum atomic E-state index is 11.6. The number of hydrogen-bond acceptors (Lipinski definition) is 3. The van der Waals surface area contributed by atoms with E-state index in [1.54, 1.807) is 12.3 Å². The topological polar surface area (TPSA) is 71.3 Å². The van der Waals surface area contributed by atoms with E-state index in [0.29, 0.717) is 25.9 Å². The molecule has 19 heavy (non-hydrogen) atoms. The summed E-state index contributed by atoms with van der Waals surface area (Å²) >= 11 is 0. The Morgan fingerprint density at radius 2 is 2.00 bits per heavy atom. The third-order valence-corrected chi connectivity index (χ3v) is 2.59. The smallest absolute Gasteiger partial charge is 0.225 e. The van der Waals surface area contributed by atoms with Gasteiger partial charge in [-0.1, -0.05) is 20.8 Å². The molecule has 1 aromatic rings. The number of nitrogens with one attached hydrogen (secondary N) is 2. The largest absolute Gasteiger partial charge is 0.467 e. The van der Waals surface area contributed by atoms with Gasteiger partial charge in [0.25, 0.3) is 0 Å². The number of hydrogen-bond donors (Lipinski definition) is 2. The quantitative estimate of drug-likeness (QED) is 0.772. The average Bonchev–Trinajstić information content (AvgIpc) is 2.83. The second kappa shape index (κ2) is 6.97. The van der Waals surface area contributed by atoms with Crippen LogP contribution in [0.1, 0.15) is 39.4 Å². The number of amides is 2. The van der Waals surface area contributed by atoms with E-state index in [9.17, 15) is 9.59 Å². The van der Waals surface area contributed by atoms with Crippen LogP contribution in [0.3, 0.4) is 0 Å². The van der Waals surface area contributed by atoms with Crippen molar-refractivity contribution in [3.05, 3.63) is 24.2 Å². The SMILES string of the molecule is CC(C)(C)C(=O)NCCCC(=O)NCc1ccco1. The van der Waals surface area contributed by atoms with Gasteiger partial charge in [0.1, 0.15) is 5.76 Å². The molecule has 0 atom stereocenters. The molecule has 2 N–H and O–H groups in total. The van der Waals surface area contributed by atoms with Gasteiger partial charge in [-0.05, 0) is 18.6 Å². The Morgan fingerprint density at radius 1 is 1.26 bits per heavy atom. The molecular weight excluding hydrogens is 244 g/mol. The minimum Gasteiger partial charge on any atom is -0.467 e. The van der Waals surface area contributed by atoms with Crippen molar-refractivity contribution in [2.24, 2.45) is 5.41 Å². The summed E-state index contributed by atoms with van der Waals surface area (Å²) in [6.45, 7) is 6.50. The van der Waals surface area contributed by atoms with Gasteiger partial charge >= 0.3 is 0 Å². The van der Waals surface area contributed by atoms with Crippen LogP contribution in [0.15, 0.2) is 22.8 Å². The summed E-state index contributed by atoms with van der Waals surface area (Å²) in [5.41, 5.74) is -0.387. The lowest BCUT2D eigenvalue weighted by molar-refractivity contribution is -0.128. The van der Waals surface area contributed by atoms with Crippen LogP contribution in [-0.4, -0.2) is 18.4 Å². The normalized spacial score (nSPS) is 11.1. The standard InChI is InChI=1S/C14H22N2O3/c1-14(2,3)13(18)15-8-4-7-12(17)16-10-11-6-5-9-19-11/h5-6,9H,4,7-8,10H2,1-3H3,(H,15,18)(H,16,17). The summed E-state index contributed by atoms with van der Waals surface area (Å²) < 4.78 is 5.11. The summed E-state index contributed by atoms with van der Waals surface area (Å²) in [4.78, 5) is 23.1. The van der Waals surface area contributed by atoms with Crippen LogP contribution in [0.5, 0.6) is 0 Å². The lowest BCUT2D eigenvalue weighted by atomic mass is 9.96. The molecule has 0 aromatic carbocycles. The van der Waals surface area contributed by atoms with Crippen LogP contribution < -0.4 is 10.6 Å². The molecule has 1 aromatic heterocycles. The molecule has 0 unspecified atom stereocenters. The average molecular weight is 266 g/mol. The molecular formula is C14H22N2O3. The molecule has 0 aliphatic carbocycles. The Kier molecular flexibility index (Phi) is 5.60. The van der Waals surface area contributed by atoms with E-state index in [1.807, 2.05) is 26.8 Å². The highest BCUT2D eigenvalue weighted by Crippen LogP contribution is 2.12. The fourth-order valence-electron chi connectivity index (χ4n) is 1.40.